The van der Waals surface area contributed by atoms with Crippen LogP contribution in [0.1, 0.15) is 0 Å². The fraction of sp³-hybridized carbons (Fsp3) is 0.222. The first kappa shape index (κ1) is 11.4. The lowest BCUT2D eigenvalue weighted by Crippen LogP contribution is -2.10. The van der Waals surface area contributed by atoms with E-state index in [0.29, 0.717) is 16.6 Å². The first-order valence-electron chi connectivity index (χ1n) is 4.96. The SMILES string of the molecule is Cn1c2nc(S(C)(=N)=O)sc2c2cn[nH]c(=O)c21. The topological polar surface area (TPSA) is 104 Å². The summed E-state index contributed by atoms with van der Waals surface area (Å²) in [4.78, 5) is 15.9. The molecule has 18 heavy (non-hydrogen) atoms. The minimum absolute atomic E-state index is 0.269. The van der Waals surface area contributed by atoms with Gasteiger partial charge in [0, 0.05) is 18.7 Å². The normalized spacial score (nSPS) is 15.2. The number of rotatable bonds is 1. The van der Waals surface area contributed by atoms with Gasteiger partial charge in [-0.15, -0.1) is 11.3 Å². The van der Waals surface area contributed by atoms with Gasteiger partial charge in [0.05, 0.1) is 20.6 Å². The Morgan fingerprint density at radius 1 is 1.56 bits per heavy atom. The highest BCUT2D eigenvalue weighted by molar-refractivity contribution is 7.93. The zero-order valence-electron chi connectivity index (χ0n) is 9.55. The Morgan fingerprint density at radius 3 is 2.94 bits per heavy atom. The predicted molar refractivity (Wildman–Crippen MR) is 69.6 cm³/mol. The third-order valence-electron chi connectivity index (χ3n) is 2.65. The van der Waals surface area contributed by atoms with Crippen LogP contribution < -0.4 is 5.56 Å². The summed E-state index contributed by atoms with van der Waals surface area (Å²) in [5, 5.41) is 6.79. The molecule has 3 aromatic rings. The summed E-state index contributed by atoms with van der Waals surface area (Å²) in [6.07, 6.45) is 2.88. The molecule has 3 heterocycles. The van der Waals surface area contributed by atoms with Crippen molar-refractivity contribution in [1.29, 1.82) is 4.78 Å². The minimum atomic E-state index is -2.84. The van der Waals surface area contributed by atoms with Gasteiger partial charge in [-0.2, -0.15) is 5.10 Å². The van der Waals surface area contributed by atoms with Crippen LogP contribution in [0.3, 0.4) is 0 Å². The molecule has 1 unspecified atom stereocenters. The van der Waals surface area contributed by atoms with E-state index >= 15 is 0 Å². The number of aromatic nitrogens is 4. The van der Waals surface area contributed by atoms with E-state index in [9.17, 15) is 9.00 Å². The van der Waals surface area contributed by atoms with Gasteiger partial charge in [-0.1, -0.05) is 0 Å². The lowest BCUT2D eigenvalue weighted by atomic mass is 10.4. The van der Waals surface area contributed by atoms with Gasteiger partial charge in [0.25, 0.3) is 5.56 Å². The molecule has 1 atom stereocenters. The van der Waals surface area contributed by atoms with Crippen LogP contribution in [-0.4, -0.2) is 30.2 Å². The number of hydrogen-bond donors (Lipinski definition) is 2. The van der Waals surface area contributed by atoms with Gasteiger partial charge in [0.1, 0.15) is 5.52 Å². The van der Waals surface area contributed by atoms with Crippen LogP contribution in [0, 0.1) is 4.78 Å². The third kappa shape index (κ3) is 1.40. The predicted octanol–water partition coefficient (Wildman–Crippen LogP) is 0.907. The Labute approximate surface area is 105 Å². The molecule has 3 rings (SSSR count). The molecule has 0 aliphatic carbocycles. The van der Waals surface area contributed by atoms with E-state index in [4.69, 9.17) is 4.78 Å². The van der Waals surface area contributed by atoms with E-state index in [1.54, 1.807) is 17.8 Å². The molecule has 0 amide bonds. The number of H-pyrrole nitrogens is 1. The number of hydrogen-bond acceptors (Lipinski definition) is 6. The number of aromatic amines is 1. The van der Waals surface area contributed by atoms with Crippen LogP contribution in [0.25, 0.3) is 21.3 Å². The van der Waals surface area contributed by atoms with E-state index < -0.39 is 9.73 Å². The van der Waals surface area contributed by atoms with Crippen molar-refractivity contribution in [2.75, 3.05) is 6.26 Å². The zero-order valence-corrected chi connectivity index (χ0v) is 11.2. The summed E-state index contributed by atoms with van der Waals surface area (Å²) in [6.45, 7) is 0. The van der Waals surface area contributed by atoms with Gasteiger partial charge in [-0.05, 0) is 0 Å². The first-order valence-corrected chi connectivity index (χ1v) is 7.74. The summed E-state index contributed by atoms with van der Waals surface area (Å²) in [7, 11) is -1.13. The highest BCUT2D eigenvalue weighted by Crippen LogP contribution is 2.32. The molecule has 0 fully saturated rings. The monoisotopic (exact) mass is 283 g/mol. The Morgan fingerprint density at radius 2 is 2.28 bits per heavy atom. The lowest BCUT2D eigenvalue weighted by molar-refractivity contribution is 0.678. The number of thiazole rings is 1. The number of nitrogens with one attached hydrogen (secondary N) is 2. The lowest BCUT2D eigenvalue weighted by Gasteiger charge is -1.95. The van der Waals surface area contributed by atoms with E-state index in [1.807, 2.05) is 0 Å². The minimum Gasteiger partial charge on any atom is -0.323 e. The molecule has 2 N–H and O–H groups in total. The van der Waals surface area contributed by atoms with E-state index in [-0.39, 0.29) is 9.90 Å². The second-order valence-electron chi connectivity index (χ2n) is 4.00. The average molecular weight is 283 g/mol. The molecule has 3 aromatic heterocycles. The molecular formula is C9H9N5O2S2. The highest BCUT2D eigenvalue weighted by Gasteiger charge is 2.19. The molecule has 0 bridgehead atoms. The molecule has 7 nitrogen and oxygen atoms in total. The van der Waals surface area contributed by atoms with Gasteiger partial charge >= 0.3 is 0 Å². The van der Waals surface area contributed by atoms with Crippen molar-refractivity contribution in [3.8, 4) is 0 Å². The van der Waals surface area contributed by atoms with Gasteiger partial charge < -0.3 is 4.57 Å². The summed E-state index contributed by atoms with van der Waals surface area (Å²) < 4.78 is 21.9. The molecule has 0 saturated heterocycles. The number of fused-ring (bicyclic) bond motifs is 3. The molecule has 9 heteroatoms. The Hall–Kier alpha value is -1.74. The van der Waals surface area contributed by atoms with Crippen molar-refractivity contribution < 1.29 is 4.21 Å². The van der Waals surface area contributed by atoms with Crippen LogP contribution in [0.2, 0.25) is 0 Å². The van der Waals surface area contributed by atoms with Crippen LogP contribution in [-0.2, 0) is 16.8 Å². The standard InChI is InChI=1S/C9H9N5O2S2/c1-14-5-4(3-11-13-8(5)15)6-7(14)12-9(17-6)18(2,10)16/h3,10H,1-2H3,(H,13,15). The maximum absolute atomic E-state index is 11.7. The molecule has 0 aliphatic rings. The van der Waals surface area contributed by atoms with Crippen molar-refractivity contribution in [3.05, 3.63) is 16.6 Å². The molecule has 0 aliphatic heterocycles. The van der Waals surface area contributed by atoms with Gasteiger partial charge in [0.15, 0.2) is 9.99 Å². The van der Waals surface area contributed by atoms with Crippen molar-refractivity contribution in [2.24, 2.45) is 7.05 Å². The third-order valence-corrected chi connectivity index (χ3v) is 5.48. The quantitative estimate of drug-likeness (QED) is 0.692. The summed E-state index contributed by atoms with van der Waals surface area (Å²) in [6, 6.07) is 0. The summed E-state index contributed by atoms with van der Waals surface area (Å²) >= 11 is 1.18. The van der Waals surface area contributed by atoms with Crippen molar-refractivity contribution >= 4 is 42.3 Å². The fourth-order valence-corrected chi connectivity index (χ4v) is 3.85. The molecule has 94 valence electrons. The van der Waals surface area contributed by atoms with Gasteiger partial charge in [-0.25, -0.2) is 19.1 Å². The smallest absolute Gasteiger partial charge is 0.288 e. The number of nitrogens with zero attached hydrogens (tertiary/aromatic N) is 3. The molecule has 0 spiro atoms. The molecule has 0 aromatic carbocycles. The van der Waals surface area contributed by atoms with Crippen molar-refractivity contribution in [2.45, 2.75) is 4.34 Å². The Balaban J connectivity index is 2.56. The molecule has 0 radical (unpaired) electrons. The highest BCUT2D eigenvalue weighted by atomic mass is 32.2. The molecular weight excluding hydrogens is 274 g/mol. The first-order chi connectivity index (χ1) is 8.39. The summed E-state index contributed by atoms with van der Waals surface area (Å²) in [5.41, 5.74) is 0.757. The summed E-state index contributed by atoms with van der Waals surface area (Å²) in [5.74, 6) is 0. The number of aryl methyl sites for hydroxylation is 1. The van der Waals surface area contributed by atoms with E-state index in [1.165, 1.54) is 17.6 Å². The molecule has 0 saturated carbocycles. The largest absolute Gasteiger partial charge is 0.323 e. The van der Waals surface area contributed by atoms with Crippen LogP contribution in [0.4, 0.5) is 0 Å². The van der Waals surface area contributed by atoms with Gasteiger partial charge in [-0.3, -0.25) is 4.79 Å². The second-order valence-corrected chi connectivity index (χ2v) is 7.33. The van der Waals surface area contributed by atoms with E-state index in [2.05, 4.69) is 15.2 Å². The van der Waals surface area contributed by atoms with Crippen LogP contribution in [0.5, 0.6) is 0 Å². The Bertz CT molecular complexity index is 931. The van der Waals surface area contributed by atoms with E-state index in [0.717, 1.165) is 4.70 Å². The Kier molecular flexibility index (Phi) is 2.14. The van der Waals surface area contributed by atoms with Crippen molar-refractivity contribution in [3.63, 3.8) is 0 Å². The van der Waals surface area contributed by atoms with Crippen LogP contribution in [0.15, 0.2) is 15.3 Å². The zero-order chi connectivity index (χ0) is 13.1. The van der Waals surface area contributed by atoms with Crippen LogP contribution >= 0.6 is 11.3 Å². The maximum Gasteiger partial charge on any atom is 0.288 e. The average Bonchev–Trinajstić information content (AvgIpc) is 2.80. The maximum atomic E-state index is 11.7. The fourth-order valence-electron chi connectivity index (χ4n) is 1.86. The van der Waals surface area contributed by atoms with Gasteiger partial charge in [0.2, 0.25) is 0 Å². The second kappa shape index (κ2) is 3.39. The van der Waals surface area contributed by atoms with Crippen molar-refractivity contribution in [1.82, 2.24) is 19.7 Å².